The predicted octanol–water partition coefficient (Wildman–Crippen LogP) is 1.65. The van der Waals surface area contributed by atoms with E-state index < -0.39 is 0 Å². The molecule has 1 aliphatic rings. The Hall–Kier alpha value is -0.570. The maximum absolute atomic E-state index is 8.32. The first-order chi connectivity index (χ1) is 5.14. The van der Waals surface area contributed by atoms with Gasteiger partial charge in [0.25, 0.3) is 0 Å². The van der Waals surface area contributed by atoms with Gasteiger partial charge in [-0.15, -0.1) is 5.16 Å². The molecule has 1 fully saturated rings. The average molecular weight is 157 g/mol. The standard InChI is InChI=1S/C8H15NO2/c1-8(2)5-7(6-9-10)3-4-11-8/h6-7,10H,3-5H2,1-2H3. The van der Waals surface area contributed by atoms with Crippen LogP contribution in [0.25, 0.3) is 0 Å². The van der Waals surface area contributed by atoms with Crippen LogP contribution in [0.1, 0.15) is 26.7 Å². The van der Waals surface area contributed by atoms with Crippen LogP contribution >= 0.6 is 0 Å². The first-order valence-electron chi connectivity index (χ1n) is 3.95. The Bertz CT molecular complexity index is 154. The third kappa shape index (κ3) is 2.50. The van der Waals surface area contributed by atoms with Crippen molar-refractivity contribution in [2.45, 2.75) is 32.3 Å². The molecule has 64 valence electrons. The quantitative estimate of drug-likeness (QED) is 0.357. The molecule has 0 spiro atoms. The number of oxime groups is 1. The summed E-state index contributed by atoms with van der Waals surface area (Å²) in [4.78, 5) is 0. The van der Waals surface area contributed by atoms with E-state index in [1.54, 1.807) is 6.21 Å². The van der Waals surface area contributed by atoms with Crippen molar-refractivity contribution >= 4 is 6.21 Å². The number of rotatable bonds is 1. The lowest BCUT2D eigenvalue weighted by atomic mass is 9.89. The molecule has 0 radical (unpaired) electrons. The van der Waals surface area contributed by atoms with Gasteiger partial charge in [-0.05, 0) is 26.7 Å². The van der Waals surface area contributed by atoms with Crippen molar-refractivity contribution in [3.8, 4) is 0 Å². The second-order valence-corrected chi connectivity index (χ2v) is 3.63. The van der Waals surface area contributed by atoms with E-state index in [-0.39, 0.29) is 5.60 Å². The first-order valence-corrected chi connectivity index (χ1v) is 3.95. The molecular formula is C8H15NO2. The van der Waals surface area contributed by atoms with Crippen molar-refractivity contribution in [1.82, 2.24) is 0 Å². The highest BCUT2D eigenvalue weighted by Gasteiger charge is 2.27. The fourth-order valence-electron chi connectivity index (χ4n) is 1.50. The van der Waals surface area contributed by atoms with E-state index in [9.17, 15) is 0 Å². The van der Waals surface area contributed by atoms with Gasteiger partial charge in [-0.2, -0.15) is 0 Å². The zero-order valence-corrected chi connectivity index (χ0v) is 7.08. The SMILES string of the molecule is CC1(C)CC(C=NO)CCO1. The molecule has 1 aliphatic heterocycles. The second kappa shape index (κ2) is 3.22. The molecule has 3 heteroatoms. The van der Waals surface area contributed by atoms with Crippen LogP contribution in [-0.4, -0.2) is 23.6 Å². The maximum Gasteiger partial charge on any atom is 0.0632 e. The molecule has 11 heavy (non-hydrogen) atoms. The van der Waals surface area contributed by atoms with Crippen LogP contribution in [0.15, 0.2) is 5.16 Å². The Kier molecular flexibility index (Phi) is 2.49. The summed E-state index contributed by atoms with van der Waals surface area (Å²) in [6.07, 6.45) is 3.51. The highest BCUT2D eigenvalue weighted by molar-refractivity contribution is 5.60. The molecule has 0 amide bonds. The van der Waals surface area contributed by atoms with E-state index in [0.717, 1.165) is 19.4 Å². The topological polar surface area (TPSA) is 41.8 Å². The number of hydrogen-bond donors (Lipinski definition) is 1. The van der Waals surface area contributed by atoms with Crippen LogP contribution in [0, 0.1) is 5.92 Å². The van der Waals surface area contributed by atoms with E-state index in [1.807, 2.05) is 0 Å². The predicted molar refractivity (Wildman–Crippen MR) is 43.0 cm³/mol. The van der Waals surface area contributed by atoms with E-state index in [0.29, 0.717) is 5.92 Å². The summed E-state index contributed by atoms with van der Waals surface area (Å²) in [7, 11) is 0. The molecule has 0 aromatic rings. The summed E-state index contributed by atoms with van der Waals surface area (Å²) < 4.78 is 5.50. The normalized spacial score (nSPS) is 30.9. The molecule has 0 aliphatic carbocycles. The minimum Gasteiger partial charge on any atom is -0.411 e. The molecule has 0 aromatic heterocycles. The van der Waals surface area contributed by atoms with Gasteiger partial charge in [0.1, 0.15) is 0 Å². The smallest absolute Gasteiger partial charge is 0.0632 e. The average Bonchev–Trinajstić information content (AvgIpc) is 1.85. The van der Waals surface area contributed by atoms with Crippen molar-refractivity contribution in [2.24, 2.45) is 11.1 Å². The van der Waals surface area contributed by atoms with Crippen LogP contribution in [0.4, 0.5) is 0 Å². The Morgan fingerprint density at radius 2 is 2.36 bits per heavy atom. The zero-order chi connectivity index (χ0) is 8.32. The van der Waals surface area contributed by atoms with Gasteiger partial charge in [0, 0.05) is 18.7 Å². The largest absolute Gasteiger partial charge is 0.411 e. The molecule has 0 saturated carbocycles. The van der Waals surface area contributed by atoms with Crippen LogP contribution in [-0.2, 0) is 4.74 Å². The van der Waals surface area contributed by atoms with Gasteiger partial charge in [-0.1, -0.05) is 0 Å². The number of ether oxygens (including phenoxy) is 1. The molecule has 1 atom stereocenters. The summed E-state index contributed by atoms with van der Waals surface area (Å²) in [6.45, 7) is 4.89. The molecule has 0 aromatic carbocycles. The van der Waals surface area contributed by atoms with Crippen LogP contribution in [0.5, 0.6) is 0 Å². The minimum absolute atomic E-state index is 0.0515. The summed E-state index contributed by atoms with van der Waals surface area (Å²) in [6, 6.07) is 0. The second-order valence-electron chi connectivity index (χ2n) is 3.63. The van der Waals surface area contributed by atoms with Crippen LogP contribution in [0.2, 0.25) is 0 Å². The van der Waals surface area contributed by atoms with Crippen LogP contribution < -0.4 is 0 Å². The molecule has 3 nitrogen and oxygen atoms in total. The minimum atomic E-state index is -0.0515. The van der Waals surface area contributed by atoms with E-state index in [1.165, 1.54) is 0 Å². The van der Waals surface area contributed by atoms with Gasteiger partial charge < -0.3 is 9.94 Å². The lowest BCUT2D eigenvalue weighted by Gasteiger charge is -2.33. The van der Waals surface area contributed by atoms with Crippen molar-refractivity contribution < 1.29 is 9.94 Å². The van der Waals surface area contributed by atoms with Crippen molar-refractivity contribution in [2.75, 3.05) is 6.61 Å². The Balaban J connectivity index is 2.46. The lowest BCUT2D eigenvalue weighted by Crippen LogP contribution is -2.34. The number of nitrogens with zero attached hydrogens (tertiary/aromatic N) is 1. The van der Waals surface area contributed by atoms with Crippen molar-refractivity contribution in [3.63, 3.8) is 0 Å². The Morgan fingerprint density at radius 1 is 1.64 bits per heavy atom. The summed E-state index contributed by atoms with van der Waals surface area (Å²) in [5, 5.41) is 11.4. The Labute approximate surface area is 67.0 Å². The van der Waals surface area contributed by atoms with Crippen molar-refractivity contribution in [3.05, 3.63) is 0 Å². The van der Waals surface area contributed by atoms with Gasteiger partial charge in [-0.3, -0.25) is 0 Å². The molecule has 1 unspecified atom stereocenters. The van der Waals surface area contributed by atoms with Gasteiger partial charge in [0.05, 0.1) is 5.60 Å². The third-order valence-electron chi connectivity index (χ3n) is 2.01. The highest BCUT2D eigenvalue weighted by atomic mass is 16.5. The van der Waals surface area contributed by atoms with Crippen molar-refractivity contribution in [1.29, 1.82) is 0 Å². The number of hydrogen-bond acceptors (Lipinski definition) is 3. The maximum atomic E-state index is 8.32. The highest BCUT2D eigenvalue weighted by Crippen LogP contribution is 2.27. The molecular weight excluding hydrogens is 142 g/mol. The molecule has 0 bridgehead atoms. The first kappa shape index (κ1) is 8.53. The fraction of sp³-hybridized carbons (Fsp3) is 0.875. The molecule has 1 heterocycles. The van der Waals surface area contributed by atoms with E-state index >= 15 is 0 Å². The van der Waals surface area contributed by atoms with Crippen LogP contribution in [0.3, 0.4) is 0 Å². The monoisotopic (exact) mass is 157 g/mol. The van der Waals surface area contributed by atoms with Gasteiger partial charge in [0.2, 0.25) is 0 Å². The fourth-order valence-corrected chi connectivity index (χ4v) is 1.50. The summed E-state index contributed by atoms with van der Waals surface area (Å²) in [5.41, 5.74) is -0.0515. The third-order valence-corrected chi connectivity index (χ3v) is 2.01. The molecule has 1 N–H and O–H groups in total. The van der Waals surface area contributed by atoms with Gasteiger partial charge >= 0.3 is 0 Å². The van der Waals surface area contributed by atoms with Gasteiger partial charge in [0.15, 0.2) is 0 Å². The van der Waals surface area contributed by atoms with Gasteiger partial charge in [-0.25, -0.2) is 0 Å². The molecule has 1 rings (SSSR count). The summed E-state index contributed by atoms with van der Waals surface area (Å²) in [5.74, 6) is 0.378. The summed E-state index contributed by atoms with van der Waals surface area (Å²) >= 11 is 0. The molecule has 1 saturated heterocycles. The lowest BCUT2D eigenvalue weighted by molar-refractivity contribution is -0.0610. The Morgan fingerprint density at radius 3 is 2.91 bits per heavy atom. The van der Waals surface area contributed by atoms with E-state index in [4.69, 9.17) is 9.94 Å². The zero-order valence-electron chi connectivity index (χ0n) is 7.08. The van der Waals surface area contributed by atoms with E-state index in [2.05, 4.69) is 19.0 Å².